The van der Waals surface area contributed by atoms with Crippen LogP contribution in [0.3, 0.4) is 0 Å². The molecule has 0 fully saturated rings. The third-order valence-electron chi connectivity index (χ3n) is 5.24. The molecule has 1 atom stereocenters. The van der Waals surface area contributed by atoms with Crippen LogP contribution < -0.4 is 14.2 Å². The number of carbonyl (C=O) groups excluding carboxylic acids is 2. The zero-order valence-electron chi connectivity index (χ0n) is 17.0. The molecule has 0 aromatic heterocycles. The SMILES string of the molecule is C[C@@H]1Oc2ccccc2C=C1C=C1Oc2cc(OC(=O)c3ccc(F)cc3)ccc2C1=O. The summed E-state index contributed by atoms with van der Waals surface area (Å²) in [7, 11) is 0. The molecule has 32 heavy (non-hydrogen) atoms. The first-order chi connectivity index (χ1) is 15.5. The van der Waals surface area contributed by atoms with Gasteiger partial charge in [-0.2, -0.15) is 0 Å². The molecule has 158 valence electrons. The number of halogens is 1. The second-order valence-electron chi connectivity index (χ2n) is 7.44. The van der Waals surface area contributed by atoms with E-state index in [-0.39, 0.29) is 29.0 Å². The lowest BCUT2D eigenvalue weighted by Gasteiger charge is -2.22. The highest BCUT2D eigenvalue weighted by atomic mass is 19.1. The predicted molar refractivity (Wildman–Crippen MR) is 115 cm³/mol. The summed E-state index contributed by atoms with van der Waals surface area (Å²) in [5.74, 6) is 0.137. The van der Waals surface area contributed by atoms with Gasteiger partial charge in [0.25, 0.3) is 0 Å². The number of hydrogen-bond acceptors (Lipinski definition) is 5. The summed E-state index contributed by atoms with van der Waals surface area (Å²) in [5.41, 5.74) is 2.32. The quantitative estimate of drug-likeness (QED) is 0.319. The second-order valence-corrected chi connectivity index (χ2v) is 7.44. The van der Waals surface area contributed by atoms with Crippen molar-refractivity contribution in [3.8, 4) is 17.2 Å². The molecule has 0 unspecified atom stereocenters. The largest absolute Gasteiger partial charge is 0.485 e. The number of benzene rings is 3. The Morgan fingerprint density at radius 3 is 2.62 bits per heavy atom. The fourth-order valence-corrected chi connectivity index (χ4v) is 3.56. The number of hydrogen-bond donors (Lipinski definition) is 0. The van der Waals surface area contributed by atoms with Crippen molar-refractivity contribution in [2.24, 2.45) is 0 Å². The molecule has 0 saturated carbocycles. The van der Waals surface area contributed by atoms with Crippen LogP contribution in [0.5, 0.6) is 17.2 Å². The third-order valence-corrected chi connectivity index (χ3v) is 5.24. The molecule has 0 radical (unpaired) electrons. The van der Waals surface area contributed by atoms with Crippen molar-refractivity contribution in [2.75, 3.05) is 0 Å². The number of carbonyl (C=O) groups is 2. The van der Waals surface area contributed by atoms with Crippen LogP contribution in [0.2, 0.25) is 0 Å². The Balaban J connectivity index is 1.38. The van der Waals surface area contributed by atoms with E-state index in [4.69, 9.17) is 14.2 Å². The Bertz CT molecular complexity index is 1300. The molecule has 0 N–H and O–H groups in total. The maximum absolute atomic E-state index is 13.0. The molecular formula is C26H17FO5. The fraction of sp³-hybridized carbons (Fsp3) is 0.0769. The Morgan fingerprint density at radius 2 is 1.81 bits per heavy atom. The molecule has 0 aliphatic carbocycles. The van der Waals surface area contributed by atoms with E-state index in [1.54, 1.807) is 12.1 Å². The second kappa shape index (κ2) is 7.81. The van der Waals surface area contributed by atoms with Crippen molar-refractivity contribution in [3.05, 3.63) is 107 Å². The highest BCUT2D eigenvalue weighted by Gasteiger charge is 2.29. The van der Waals surface area contributed by atoms with Crippen molar-refractivity contribution in [1.29, 1.82) is 0 Å². The highest BCUT2D eigenvalue weighted by molar-refractivity contribution is 6.12. The molecule has 5 nitrogen and oxygen atoms in total. The summed E-state index contributed by atoms with van der Waals surface area (Å²) in [5, 5.41) is 0. The van der Waals surface area contributed by atoms with E-state index in [2.05, 4.69) is 0 Å². The van der Waals surface area contributed by atoms with Crippen LogP contribution in [-0.4, -0.2) is 17.9 Å². The van der Waals surface area contributed by atoms with Gasteiger partial charge in [-0.1, -0.05) is 18.2 Å². The fourth-order valence-electron chi connectivity index (χ4n) is 3.56. The molecule has 0 spiro atoms. The van der Waals surface area contributed by atoms with Gasteiger partial charge in [0.15, 0.2) is 5.76 Å². The van der Waals surface area contributed by atoms with E-state index in [1.165, 1.54) is 36.4 Å². The van der Waals surface area contributed by atoms with Crippen LogP contribution in [0.1, 0.15) is 33.2 Å². The first kappa shape index (κ1) is 19.8. The number of ketones is 1. The summed E-state index contributed by atoms with van der Waals surface area (Å²) >= 11 is 0. The minimum absolute atomic E-state index is 0.170. The van der Waals surface area contributed by atoms with Gasteiger partial charge >= 0.3 is 5.97 Å². The van der Waals surface area contributed by atoms with Crippen LogP contribution in [0.25, 0.3) is 6.08 Å². The van der Waals surface area contributed by atoms with Crippen LogP contribution in [-0.2, 0) is 0 Å². The van der Waals surface area contributed by atoms with Gasteiger partial charge in [-0.15, -0.1) is 0 Å². The first-order valence-electron chi connectivity index (χ1n) is 10.0. The van der Waals surface area contributed by atoms with E-state index in [1.807, 2.05) is 37.3 Å². The number of esters is 1. The van der Waals surface area contributed by atoms with Gasteiger partial charge in [0.1, 0.15) is 29.2 Å². The Kier molecular flexibility index (Phi) is 4.82. The zero-order valence-corrected chi connectivity index (χ0v) is 17.0. The molecule has 2 aliphatic heterocycles. The number of Topliss-reactive ketones (excluding diaryl/α,β-unsaturated/α-hetero) is 1. The number of rotatable bonds is 3. The van der Waals surface area contributed by atoms with Gasteiger partial charge < -0.3 is 14.2 Å². The van der Waals surface area contributed by atoms with E-state index in [9.17, 15) is 14.0 Å². The molecule has 2 aliphatic rings. The van der Waals surface area contributed by atoms with Crippen molar-refractivity contribution >= 4 is 17.8 Å². The van der Waals surface area contributed by atoms with E-state index >= 15 is 0 Å². The summed E-state index contributed by atoms with van der Waals surface area (Å²) < 4.78 is 30.1. The Labute approximate surface area is 183 Å². The lowest BCUT2D eigenvalue weighted by Crippen LogP contribution is -2.18. The molecule has 0 amide bonds. The topological polar surface area (TPSA) is 61.8 Å². The molecule has 0 saturated heterocycles. The number of para-hydroxylation sites is 1. The average molecular weight is 428 g/mol. The Hall–Kier alpha value is -4.19. The van der Waals surface area contributed by atoms with Gasteiger partial charge in [0, 0.05) is 11.6 Å². The molecule has 2 heterocycles. The first-order valence-corrected chi connectivity index (χ1v) is 10.0. The maximum atomic E-state index is 13.0. The minimum Gasteiger partial charge on any atom is -0.485 e. The van der Waals surface area contributed by atoms with E-state index in [0.29, 0.717) is 11.3 Å². The smallest absolute Gasteiger partial charge is 0.343 e. The number of ether oxygens (including phenoxy) is 3. The zero-order chi connectivity index (χ0) is 22.2. The average Bonchev–Trinajstić information content (AvgIpc) is 3.09. The summed E-state index contributed by atoms with van der Waals surface area (Å²) in [4.78, 5) is 25.1. The standard InChI is InChI=1S/C26H17FO5/c1-15-18(12-17-4-2-3-5-22(17)30-15)13-24-25(28)21-11-10-20(14-23(21)32-24)31-26(29)16-6-8-19(27)9-7-16/h2-15H,1H3/t15-/m0/s1. The van der Waals surface area contributed by atoms with Gasteiger partial charge in [0.2, 0.25) is 5.78 Å². The highest BCUT2D eigenvalue weighted by Crippen LogP contribution is 2.36. The van der Waals surface area contributed by atoms with Gasteiger partial charge in [-0.25, -0.2) is 9.18 Å². The normalized spacial score (nSPS) is 17.7. The third kappa shape index (κ3) is 3.67. The monoisotopic (exact) mass is 428 g/mol. The molecule has 0 bridgehead atoms. The van der Waals surface area contributed by atoms with Gasteiger partial charge in [0.05, 0.1) is 11.1 Å². The number of fused-ring (bicyclic) bond motifs is 2. The molecular weight excluding hydrogens is 411 g/mol. The van der Waals surface area contributed by atoms with E-state index < -0.39 is 11.8 Å². The summed E-state index contributed by atoms with van der Waals surface area (Å²) in [6.07, 6.45) is 3.39. The molecule has 6 heteroatoms. The molecule has 3 aromatic rings. The van der Waals surface area contributed by atoms with Crippen LogP contribution in [0.4, 0.5) is 4.39 Å². The summed E-state index contributed by atoms with van der Waals surface area (Å²) in [6.45, 7) is 1.90. The predicted octanol–water partition coefficient (Wildman–Crippen LogP) is 5.37. The van der Waals surface area contributed by atoms with Crippen molar-refractivity contribution in [1.82, 2.24) is 0 Å². The number of allylic oxidation sites excluding steroid dienone is 1. The van der Waals surface area contributed by atoms with Crippen molar-refractivity contribution in [3.63, 3.8) is 0 Å². The van der Waals surface area contributed by atoms with Crippen LogP contribution >= 0.6 is 0 Å². The lowest BCUT2D eigenvalue weighted by molar-refractivity contribution is 0.0734. The van der Waals surface area contributed by atoms with Crippen LogP contribution in [0.15, 0.2) is 84.1 Å². The van der Waals surface area contributed by atoms with Crippen molar-refractivity contribution in [2.45, 2.75) is 13.0 Å². The van der Waals surface area contributed by atoms with Gasteiger partial charge in [-0.05, 0) is 67.1 Å². The molecule has 5 rings (SSSR count). The van der Waals surface area contributed by atoms with Gasteiger partial charge in [-0.3, -0.25) is 4.79 Å². The van der Waals surface area contributed by atoms with E-state index in [0.717, 1.165) is 16.9 Å². The Morgan fingerprint density at radius 1 is 1.03 bits per heavy atom. The maximum Gasteiger partial charge on any atom is 0.343 e. The minimum atomic E-state index is -0.637. The lowest BCUT2D eigenvalue weighted by atomic mass is 10.0. The van der Waals surface area contributed by atoms with Crippen molar-refractivity contribution < 1.29 is 28.2 Å². The van der Waals surface area contributed by atoms with Crippen LogP contribution in [0, 0.1) is 5.82 Å². The summed E-state index contributed by atoms with van der Waals surface area (Å²) in [6, 6.07) is 17.3. The molecule has 3 aromatic carbocycles.